The molecule has 1 heterocycles. The molecule has 1 aromatic carbocycles. The molecule has 0 amide bonds. The minimum atomic E-state index is -0.226. The first-order chi connectivity index (χ1) is 9.65. The molecule has 1 atom stereocenters. The summed E-state index contributed by atoms with van der Waals surface area (Å²) in [7, 11) is 0. The number of rotatable bonds is 7. The number of hydrogen-bond donors (Lipinski definition) is 1. The Bertz CT molecular complexity index is 417. The van der Waals surface area contributed by atoms with Crippen LogP contribution in [0.5, 0.6) is 5.75 Å². The first-order valence-corrected chi connectivity index (χ1v) is 7.38. The molecule has 20 heavy (non-hydrogen) atoms. The number of halogens is 1. The van der Waals surface area contributed by atoms with Crippen molar-refractivity contribution >= 4 is 0 Å². The molecule has 2 rings (SSSR count). The summed E-state index contributed by atoms with van der Waals surface area (Å²) in [6.45, 7) is 7.18. The molecule has 0 saturated carbocycles. The Balaban J connectivity index is 1.91. The lowest BCUT2D eigenvalue weighted by atomic mass is 10.1. The van der Waals surface area contributed by atoms with Crippen LogP contribution in [0.25, 0.3) is 0 Å². The van der Waals surface area contributed by atoms with Crippen LogP contribution in [0.15, 0.2) is 18.2 Å². The van der Waals surface area contributed by atoms with E-state index in [-0.39, 0.29) is 11.9 Å². The molecule has 0 bridgehead atoms. The van der Waals surface area contributed by atoms with Crippen molar-refractivity contribution in [2.75, 3.05) is 19.8 Å². The number of nitrogens with one attached hydrogen (secondary N) is 1. The lowest BCUT2D eigenvalue weighted by molar-refractivity contribution is 0.0675. The van der Waals surface area contributed by atoms with Crippen LogP contribution in [0.3, 0.4) is 0 Å². The Morgan fingerprint density at radius 3 is 3.00 bits per heavy atom. The Kier molecular flexibility index (Phi) is 5.80. The lowest BCUT2D eigenvalue weighted by Gasteiger charge is -2.15. The zero-order valence-electron chi connectivity index (χ0n) is 12.3. The molecule has 1 fully saturated rings. The van der Waals surface area contributed by atoms with Crippen LogP contribution < -0.4 is 10.1 Å². The standard InChI is InChI=1S/C16H24FNO2/c1-12(2)9-18-10-13-8-14(17)5-6-16(13)20-11-15-4-3-7-19-15/h5-6,8,12,15,18H,3-4,7,9-11H2,1-2H3. The first kappa shape index (κ1) is 15.3. The van der Waals surface area contributed by atoms with E-state index in [1.54, 1.807) is 6.07 Å². The van der Waals surface area contributed by atoms with Crippen molar-refractivity contribution < 1.29 is 13.9 Å². The highest BCUT2D eigenvalue weighted by molar-refractivity contribution is 5.34. The highest BCUT2D eigenvalue weighted by atomic mass is 19.1. The van der Waals surface area contributed by atoms with Crippen LogP contribution in [-0.4, -0.2) is 25.9 Å². The fourth-order valence-electron chi connectivity index (χ4n) is 2.28. The van der Waals surface area contributed by atoms with Gasteiger partial charge >= 0.3 is 0 Å². The van der Waals surface area contributed by atoms with E-state index >= 15 is 0 Å². The Hall–Kier alpha value is -1.13. The van der Waals surface area contributed by atoms with Crippen molar-refractivity contribution in [3.05, 3.63) is 29.6 Å². The first-order valence-electron chi connectivity index (χ1n) is 7.38. The summed E-state index contributed by atoms with van der Waals surface area (Å²) in [5.74, 6) is 1.09. The second-order valence-electron chi connectivity index (χ2n) is 5.72. The van der Waals surface area contributed by atoms with Gasteiger partial charge in [0.2, 0.25) is 0 Å². The topological polar surface area (TPSA) is 30.5 Å². The van der Waals surface area contributed by atoms with Crippen LogP contribution in [0.4, 0.5) is 4.39 Å². The summed E-state index contributed by atoms with van der Waals surface area (Å²) in [4.78, 5) is 0. The second kappa shape index (κ2) is 7.60. The van der Waals surface area contributed by atoms with Crippen molar-refractivity contribution in [3.63, 3.8) is 0 Å². The molecule has 1 aliphatic heterocycles. The van der Waals surface area contributed by atoms with E-state index in [1.807, 2.05) is 0 Å². The second-order valence-corrected chi connectivity index (χ2v) is 5.72. The van der Waals surface area contributed by atoms with E-state index in [0.29, 0.717) is 19.1 Å². The van der Waals surface area contributed by atoms with Gasteiger partial charge in [-0.1, -0.05) is 13.8 Å². The Morgan fingerprint density at radius 1 is 1.45 bits per heavy atom. The largest absolute Gasteiger partial charge is 0.491 e. The maximum absolute atomic E-state index is 13.4. The zero-order valence-corrected chi connectivity index (χ0v) is 12.3. The van der Waals surface area contributed by atoms with Gasteiger partial charge in [-0.15, -0.1) is 0 Å². The lowest BCUT2D eigenvalue weighted by Crippen LogP contribution is -2.21. The number of hydrogen-bond acceptors (Lipinski definition) is 3. The van der Waals surface area contributed by atoms with Crippen LogP contribution in [0.2, 0.25) is 0 Å². The average Bonchev–Trinajstić information content (AvgIpc) is 2.90. The fourth-order valence-corrected chi connectivity index (χ4v) is 2.28. The van der Waals surface area contributed by atoms with Crippen LogP contribution >= 0.6 is 0 Å². The highest BCUT2D eigenvalue weighted by Crippen LogP contribution is 2.21. The molecule has 0 spiro atoms. The van der Waals surface area contributed by atoms with Crippen LogP contribution in [0, 0.1) is 11.7 Å². The van der Waals surface area contributed by atoms with E-state index in [0.717, 1.165) is 37.3 Å². The summed E-state index contributed by atoms with van der Waals surface area (Å²) in [5.41, 5.74) is 0.864. The smallest absolute Gasteiger partial charge is 0.124 e. The third kappa shape index (κ3) is 4.76. The molecular weight excluding hydrogens is 257 g/mol. The molecule has 1 saturated heterocycles. The van der Waals surface area contributed by atoms with E-state index in [4.69, 9.17) is 9.47 Å². The average molecular weight is 281 g/mol. The molecule has 1 unspecified atom stereocenters. The SMILES string of the molecule is CC(C)CNCc1cc(F)ccc1OCC1CCCO1. The third-order valence-electron chi connectivity index (χ3n) is 3.34. The maximum Gasteiger partial charge on any atom is 0.124 e. The van der Waals surface area contributed by atoms with Gasteiger partial charge in [0.25, 0.3) is 0 Å². The van der Waals surface area contributed by atoms with E-state index in [2.05, 4.69) is 19.2 Å². The maximum atomic E-state index is 13.4. The molecular formula is C16H24FNO2. The number of ether oxygens (including phenoxy) is 2. The minimum absolute atomic E-state index is 0.177. The van der Waals surface area contributed by atoms with Crippen molar-refractivity contribution in [1.82, 2.24) is 5.32 Å². The molecule has 1 aliphatic rings. The van der Waals surface area contributed by atoms with E-state index in [1.165, 1.54) is 12.1 Å². The highest BCUT2D eigenvalue weighted by Gasteiger charge is 2.17. The van der Waals surface area contributed by atoms with Gasteiger partial charge in [0, 0.05) is 18.7 Å². The molecule has 4 heteroatoms. The van der Waals surface area contributed by atoms with Crippen molar-refractivity contribution in [2.45, 2.75) is 39.3 Å². The van der Waals surface area contributed by atoms with Crippen molar-refractivity contribution in [3.8, 4) is 5.75 Å². The molecule has 3 nitrogen and oxygen atoms in total. The normalized spacial score (nSPS) is 18.7. The van der Waals surface area contributed by atoms with Crippen molar-refractivity contribution in [2.24, 2.45) is 5.92 Å². The monoisotopic (exact) mass is 281 g/mol. The van der Waals surface area contributed by atoms with E-state index in [9.17, 15) is 4.39 Å². The van der Waals surface area contributed by atoms with Gasteiger partial charge in [0.05, 0.1) is 6.10 Å². The van der Waals surface area contributed by atoms with Crippen LogP contribution in [-0.2, 0) is 11.3 Å². The molecule has 0 aliphatic carbocycles. The molecule has 112 valence electrons. The summed E-state index contributed by atoms with van der Waals surface area (Å²) in [6.07, 6.45) is 2.32. The van der Waals surface area contributed by atoms with Crippen LogP contribution in [0.1, 0.15) is 32.3 Å². The summed E-state index contributed by atoms with van der Waals surface area (Å²) in [6, 6.07) is 4.69. The Labute approximate surface area is 120 Å². The number of benzene rings is 1. The Morgan fingerprint density at radius 2 is 2.30 bits per heavy atom. The minimum Gasteiger partial charge on any atom is -0.491 e. The molecule has 0 aromatic heterocycles. The third-order valence-corrected chi connectivity index (χ3v) is 3.34. The van der Waals surface area contributed by atoms with Gasteiger partial charge in [0.1, 0.15) is 18.2 Å². The predicted octanol–water partition coefficient (Wildman–Crippen LogP) is 3.13. The quantitative estimate of drug-likeness (QED) is 0.833. The fraction of sp³-hybridized carbons (Fsp3) is 0.625. The van der Waals surface area contributed by atoms with E-state index < -0.39 is 0 Å². The van der Waals surface area contributed by atoms with Gasteiger partial charge < -0.3 is 14.8 Å². The van der Waals surface area contributed by atoms with Gasteiger partial charge in [-0.25, -0.2) is 4.39 Å². The summed E-state index contributed by atoms with van der Waals surface area (Å²) in [5, 5.41) is 3.32. The molecule has 1 aromatic rings. The zero-order chi connectivity index (χ0) is 14.4. The predicted molar refractivity (Wildman–Crippen MR) is 77.4 cm³/mol. The van der Waals surface area contributed by atoms with Gasteiger partial charge in [-0.3, -0.25) is 0 Å². The van der Waals surface area contributed by atoms with Gasteiger partial charge in [-0.2, -0.15) is 0 Å². The summed E-state index contributed by atoms with van der Waals surface area (Å²) >= 11 is 0. The summed E-state index contributed by atoms with van der Waals surface area (Å²) < 4.78 is 24.7. The molecule has 0 radical (unpaired) electrons. The van der Waals surface area contributed by atoms with Gasteiger partial charge in [0.15, 0.2) is 0 Å². The molecule has 1 N–H and O–H groups in total. The van der Waals surface area contributed by atoms with Crippen molar-refractivity contribution in [1.29, 1.82) is 0 Å². The van der Waals surface area contributed by atoms with Gasteiger partial charge in [-0.05, 0) is 43.5 Å².